The molecular formula is C23H17ClFNO3S2. The van der Waals surface area contributed by atoms with Crippen LogP contribution in [0.4, 0.5) is 9.39 Å². The number of benzene rings is 2. The molecule has 0 saturated heterocycles. The summed E-state index contributed by atoms with van der Waals surface area (Å²) in [5.74, 6) is -1.53. The highest BCUT2D eigenvalue weighted by molar-refractivity contribution is 7.22. The summed E-state index contributed by atoms with van der Waals surface area (Å²) in [6, 6.07) is 14.1. The molecule has 4 rings (SSSR count). The van der Waals surface area contributed by atoms with Crippen LogP contribution in [-0.2, 0) is 11.2 Å². The van der Waals surface area contributed by atoms with Crippen LogP contribution in [0.2, 0.25) is 5.02 Å². The van der Waals surface area contributed by atoms with Crippen LogP contribution in [0.3, 0.4) is 0 Å². The highest BCUT2D eigenvalue weighted by atomic mass is 35.5. The number of esters is 1. The highest BCUT2D eigenvalue weighted by Gasteiger charge is 2.27. The van der Waals surface area contributed by atoms with Crippen LogP contribution in [0.1, 0.15) is 31.8 Å². The number of ether oxygens (including phenoxy) is 1. The molecule has 31 heavy (non-hydrogen) atoms. The molecule has 0 saturated carbocycles. The van der Waals surface area contributed by atoms with E-state index >= 15 is 0 Å². The molecule has 2 aromatic carbocycles. The van der Waals surface area contributed by atoms with Crippen LogP contribution in [0.25, 0.3) is 21.2 Å². The molecule has 1 N–H and O–H groups in total. The number of nitrogens with one attached hydrogen (secondary N) is 1. The van der Waals surface area contributed by atoms with Crippen molar-refractivity contribution < 1.29 is 18.7 Å². The van der Waals surface area contributed by atoms with Crippen LogP contribution in [0.15, 0.2) is 48.5 Å². The topological polar surface area (TPSA) is 55.4 Å². The molecule has 1 amide bonds. The third-order valence-corrected chi connectivity index (χ3v) is 7.69. The summed E-state index contributed by atoms with van der Waals surface area (Å²) in [6.07, 6.45) is 0.670. The molecule has 0 spiro atoms. The quantitative estimate of drug-likeness (QED) is 0.317. The summed E-state index contributed by atoms with van der Waals surface area (Å²) in [4.78, 5) is 26.9. The first-order chi connectivity index (χ1) is 15.0. The van der Waals surface area contributed by atoms with Crippen LogP contribution in [0, 0.1) is 5.82 Å². The molecule has 4 nitrogen and oxygen atoms in total. The Balaban J connectivity index is 1.81. The van der Waals surface area contributed by atoms with E-state index in [-0.39, 0.29) is 15.3 Å². The summed E-state index contributed by atoms with van der Waals surface area (Å²) in [5, 5.41) is 3.47. The van der Waals surface area contributed by atoms with Crippen molar-refractivity contribution in [3.05, 3.63) is 74.7 Å². The largest absolute Gasteiger partial charge is 0.465 e. The zero-order valence-electron chi connectivity index (χ0n) is 16.6. The summed E-state index contributed by atoms with van der Waals surface area (Å²) < 4.78 is 19.8. The Hall–Kier alpha value is -2.74. The van der Waals surface area contributed by atoms with Crippen LogP contribution >= 0.6 is 34.3 Å². The first kappa shape index (κ1) is 21.5. The van der Waals surface area contributed by atoms with E-state index in [9.17, 15) is 14.0 Å². The van der Waals surface area contributed by atoms with Gasteiger partial charge in [0.25, 0.3) is 5.91 Å². The molecule has 2 heterocycles. The summed E-state index contributed by atoms with van der Waals surface area (Å²) in [7, 11) is 1.30. The molecule has 0 atom stereocenters. The summed E-state index contributed by atoms with van der Waals surface area (Å²) in [6.45, 7) is 1.98. The predicted molar refractivity (Wildman–Crippen MR) is 125 cm³/mol. The minimum atomic E-state index is -0.543. The first-order valence-electron chi connectivity index (χ1n) is 9.43. The Labute approximate surface area is 191 Å². The van der Waals surface area contributed by atoms with Gasteiger partial charge in [0.2, 0.25) is 0 Å². The van der Waals surface area contributed by atoms with E-state index in [0.717, 1.165) is 27.3 Å². The minimum absolute atomic E-state index is 0.0609. The number of hydrogen-bond acceptors (Lipinski definition) is 5. The van der Waals surface area contributed by atoms with E-state index < -0.39 is 17.7 Å². The Morgan fingerprint density at radius 2 is 1.84 bits per heavy atom. The molecule has 0 aliphatic rings. The lowest BCUT2D eigenvalue weighted by Gasteiger charge is -2.08. The van der Waals surface area contributed by atoms with Gasteiger partial charge < -0.3 is 10.1 Å². The molecule has 0 bridgehead atoms. The zero-order valence-corrected chi connectivity index (χ0v) is 19.0. The number of methoxy groups -OCH3 is 1. The van der Waals surface area contributed by atoms with Gasteiger partial charge in [-0.3, -0.25) is 4.79 Å². The van der Waals surface area contributed by atoms with Crippen LogP contribution in [-0.4, -0.2) is 19.0 Å². The Kier molecular flexibility index (Phi) is 6.09. The second-order valence-electron chi connectivity index (χ2n) is 6.63. The normalized spacial score (nSPS) is 11.0. The zero-order chi connectivity index (χ0) is 22.1. The van der Waals surface area contributed by atoms with E-state index in [4.69, 9.17) is 16.3 Å². The number of rotatable bonds is 5. The average Bonchev–Trinajstić information content (AvgIpc) is 3.32. The number of halogens is 2. The van der Waals surface area contributed by atoms with Crippen molar-refractivity contribution in [3.63, 3.8) is 0 Å². The van der Waals surface area contributed by atoms with E-state index in [1.54, 1.807) is 12.1 Å². The second kappa shape index (κ2) is 8.78. The van der Waals surface area contributed by atoms with E-state index in [1.807, 2.05) is 37.3 Å². The number of carbonyl (C=O) groups excluding carboxylic acids is 2. The van der Waals surface area contributed by atoms with Crippen molar-refractivity contribution in [1.29, 1.82) is 0 Å². The van der Waals surface area contributed by atoms with E-state index in [2.05, 4.69) is 5.32 Å². The van der Waals surface area contributed by atoms with Gasteiger partial charge in [-0.25, -0.2) is 9.18 Å². The van der Waals surface area contributed by atoms with Gasteiger partial charge >= 0.3 is 5.97 Å². The maximum Gasteiger partial charge on any atom is 0.341 e. The SMILES string of the molecule is CCc1sc(NC(=O)c2sc3cccc(F)c3c2Cl)c(C(=O)OC)c1-c1ccccc1. The third kappa shape index (κ3) is 3.84. The van der Waals surface area contributed by atoms with Crippen molar-refractivity contribution in [2.45, 2.75) is 13.3 Å². The number of amides is 1. The Bertz CT molecular complexity index is 1300. The maximum absolute atomic E-state index is 14.2. The van der Waals surface area contributed by atoms with Gasteiger partial charge in [0.15, 0.2) is 0 Å². The number of thiophene rings is 2. The van der Waals surface area contributed by atoms with Crippen LogP contribution < -0.4 is 5.32 Å². The highest BCUT2D eigenvalue weighted by Crippen LogP contribution is 2.42. The first-order valence-corrected chi connectivity index (χ1v) is 11.4. The molecule has 8 heteroatoms. The van der Waals surface area contributed by atoms with Gasteiger partial charge in [0.05, 0.1) is 12.1 Å². The number of aryl methyl sites for hydroxylation is 1. The van der Waals surface area contributed by atoms with Crippen molar-refractivity contribution >= 4 is 61.2 Å². The maximum atomic E-state index is 14.2. The number of hydrogen-bond donors (Lipinski definition) is 1. The Morgan fingerprint density at radius 3 is 2.48 bits per heavy atom. The minimum Gasteiger partial charge on any atom is -0.465 e. The van der Waals surface area contributed by atoms with Crippen molar-refractivity contribution in [2.24, 2.45) is 0 Å². The van der Waals surface area contributed by atoms with E-state index in [1.165, 1.54) is 24.5 Å². The van der Waals surface area contributed by atoms with Gasteiger partial charge in [-0.05, 0) is 24.1 Å². The van der Waals surface area contributed by atoms with Crippen LogP contribution in [0.5, 0.6) is 0 Å². The molecular weight excluding hydrogens is 457 g/mol. The van der Waals surface area contributed by atoms with Gasteiger partial charge in [0, 0.05) is 20.5 Å². The Morgan fingerprint density at radius 1 is 1.10 bits per heavy atom. The number of fused-ring (bicyclic) bond motifs is 1. The molecule has 2 aromatic heterocycles. The molecule has 0 radical (unpaired) electrons. The van der Waals surface area contributed by atoms with Crippen molar-refractivity contribution in [1.82, 2.24) is 0 Å². The second-order valence-corrected chi connectivity index (χ2v) is 9.16. The van der Waals surface area contributed by atoms with Crippen molar-refractivity contribution in [3.8, 4) is 11.1 Å². The molecule has 4 aromatic rings. The monoisotopic (exact) mass is 473 g/mol. The number of anilines is 1. The lowest BCUT2D eigenvalue weighted by atomic mass is 10.00. The molecule has 0 aliphatic heterocycles. The van der Waals surface area contributed by atoms with Gasteiger partial charge in [-0.1, -0.05) is 54.9 Å². The fourth-order valence-corrected chi connectivity index (χ4v) is 6.00. The van der Waals surface area contributed by atoms with E-state index in [0.29, 0.717) is 21.7 Å². The standard InChI is InChI=1S/C23H17ClFNO3S2/c1-3-14-16(12-8-5-4-6-9-12)18(23(28)29-2)22(31-14)26-21(27)20-19(24)17-13(25)10-7-11-15(17)30-20/h4-11H,3H2,1-2H3,(H,26,27). The van der Waals surface area contributed by atoms with Crippen molar-refractivity contribution in [2.75, 3.05) is 12.4 Å². The number of carbonyl (C=O) groups is 2. The molecule has 0 unspecified atom stereocenters. The van der Waals surface area contributed by atoms with Gasteiger partial charge in [-0.15, -0.1) is 22.7 Å². The predicted octanol–water partition coefficient (Wildman–Crippen LogP) is 7.02. The smallest absolute Gasteiger partial charge is 0.341 e. The molecule has 158 valence electrons. The third-order valence-electron chi connectivity index (χ3n) is 4.79. The van der Waals surface area contributed by atoms with Gasteiger partial charge in [0.1, 0.15) is 21.3 Å². The summed E-state index contributed by atoms with van der Waals surface area (Å²) >= 11 is 8.76. The van der Waals surface area contributed by atoms with Gasteiger partial charge in [-0.2, -0.15) is 0 Å². The molecule has 0 fully saturated rings. The molecule has 0 aliphatic carbocycles. The summed E-state index contributed by atoms with van der Waals surface area (Å²) in [5.41, 5.74) is 1.90. The lowest BCUT2D eigenvalue weighted by Crippen LogP contribution is -2.13. The fourth-order valence-electron chi connectivity index (χ4n) is 3.40. The lowest BCUT2D eigenvalue weighted by molar-refractivity contribution is 0.0603. The fraction of sp³-hybridized carbons (Fsp3) is 0.130. The average molecular weight is 474 g/mol.